The van der Waals surface area contributed by atoms with Gasteiger partial charge in [0.2, 0.25) is 5.75 Å². The molecule has 1 aliphatic carbocycles. The lowest BCUT2D eigenvalue weighted by Crippen LogP contribution is -2.39. The predicted octanol–water partition coefficient (Wildman–Crippen LogP) is 4.66. The standard InChI is InChI=1S/C28H33N3O5/c1-15-9-8-10-22(29-15)31-27(33)23-16(2)30-18-13-28(3,4)14-19(32)25(18)24(23)17-11-20(34-5)26(36-7)21(12-17)35-6/h8-12,24,30H,13-14H2,1-7H3,(H,29,31,33)/t24-/m1/s1. The van der Waals surface area contributed by atoms with E-state index in [4.69, 9.17) is 14.2 Å². The fourth-order valence-corrected chi connectivity index (χ4v) is 5.13. The molecule has 190 valence electrons. The van der Waals surface area contributed by atoms with E-state index in [1.165, 1.54) is 7.11 Å². The second kappa shape index (κ2) is 9.68. The fraction of sp³-hybridized carbons (Fsp3) is 0.393. The molecule has 4 rings (SSSR count). The van der Waals surface area contributed by atoms with Gasteiger partial charge in [0, 0.05) is 40.6 Å². The van der Waals surface area contributed by atoms with Crippen LogP contribution in [0.4, 0.5) is 5.82 Å². The predicted molar refractivity (Wildman–Crippen MR) is 137 cm³/mol. The molecule has 0 fully saturated rings. The van der Waals surface area contributed by atoms with Crippen molar-refractivity contribution in [2.45, 2.75) is 46.5 Å². The molecule has 36 heavy (non-hydrogen) atoms. The molecule has 8 nitrogen and oxygen atoms in total. The van der Waals surface area contributed by atoms with Crippen LogP contribution in [0.5, 0.6) is 17.2 Å². The monoisotopic (exact) mass is 491 g/mol. The number of aryl methyl sites for hydroxylation is 1. The SMILES string of the molecule is COc1cc([C@@H]2C(C(=O)Nc3cccc(C)n3)=C(C)NC3=C2C(=O)CC(C)(C)C3)cc(OC)c1OC. The van der Waals surface area contributed by atoms with Crippen LogP contribution >= 0.6 is 0 Å². The molecule has 1 amide bonds. The van der Waals surface area contributed by atoms with Crippen LogP contribution < -0.4 is 24.8 Å². The number of dihydropyridines is 1. The molecule has 1 atom stereocenters. The number of hydrogen-bond donors (Lipinski definition) is 2. The van der Waals surface area contributed by atoms with Crippen LogP contribution in [-0.2, 0) is 9.59 Å². The van der Waals surface area contributed by atoms with Gasteiger partial charge in [-0.15, -0.1) is 0 Å². The van der Waals surface area contributed by atoms with Crippen molar-refractivity contribution in [3.63, 3.8) is 0 Å². The molecule has 0 spiro atoms. The number of ketones is 1. The number of benzene rings is 1. The van der Waals surface area contributed by atoms with Crippen LogP contribution in [0.25, 0.3) is 0 Å². The summed E-state index contributed by atoms with van der Waals surface area (Å²) in [5.74, 6) is 0.852. The molecule has 0 saturated carbocycles. The summed E-state index contributed by atoms with van der Waals surface area (Å²) in [6.07, 6.45) is 1.09. The van der Waals surface area contributed by atoms with Crippen molar-refractivity contribution in [2.75, 3.05) is 26.6 Å². The molecule has 2 aromatic rings. The average Bonchev–Trinajstić information content (AvgIpc) is 2.81. The van der Waals surface area contributed by atoms with Gasteiger partial charge < -0.3 is 24.8 Å². The van der Waals surface area contributed by atoms with E-state index in [1.54, 1.807) is 32.4 Å². The quantitative estimate of drug-likeness (QED) is 0.606. The van der Waals surface area contributed by atoms with Gasteiger partial charge in [-0.1, -0.05) is 19.9 Å². The fourth-order valence-electron chi connectivity index (χ4n) is 5.13. The van der Waals surface area contributed by atoms with Crippen LogP contribution in [-0.4, -0.2) is 38.0 Å². The first-order valence-corrected chi connectivity index (χ1v) is 11.9. The number of allylic oxidation sites excluding steroid dienone is 3. The second-order valence-electron chi connectivity index (χ2n) is 10.0. The lowest BCUT2D eigenvalue weighted by Gasteiger charge is -2.39. The van der Waals surface area contributed by atoms with Crippen molar-refractivity contribution < 1.29 is 23.8 Å². The van der Waals surface area contributed by atoms with Gasteiger partial charge >= 0.3 is 0 Å². The topological polar surface area (TPSA) is 98.8 Å². The molecule has 2 aliphatic rings. The van der Waals surface area contributed by atoms with E-state index in [0.29, 0.717) is 58.3 Å². The van der Waals surface area contributed by atoms with E-state index in [0.717, 1.165) is 11.4 Å². The Morgan fingerprint density at radius 3 is 2.31 bits per heavy atom. The summed E-state index contributed by atoms with van der Waals surface area (Å²) in [5.41, 5.74) is 3.87. The van der Waals surface area contributed by atoms with Gasteiger partial charge in [-0.2, -0.15) is 0 Å². The first-order chi connectivity index (χ1) is 17.1. The number of aromatic nitrogens is 1. The summed E-state index contributed by atoms with van der Waals surface area (Å²) in [4.78, 5) is 31.7. The van der Waals surface area contributed by atoms with E-state index < -0.39 is 5.92 Å². The minimum absolute atomic E-state index is 0.0129. The highest BCUT2D eigenvalue weighted by Gasteiger charge is 2.43. The Morgan fingerprint density at radius 2 is 1.72 bits per heavy atom. The number of anilines is 1. The highest BCUT2D eigenvalue weighted by Crippen LogP contribution is 2.49. The second-order valence-corrected chi connectivity index (χ2v) is 10.0. The first kappa shape index (κ1) is 25.3. The highest BCUT2D eigenvalue weighted by atomic mass is 16.5. The van der Waals surface area contributed by atoms with Gasteiger partial charge in [-0.05, 0) is 55.5 Å². The smallest absolute Gasteiger partial charge is 0.255 e. The molecule has 1 aliphatic heterocycles. The van der Waals surface area contributed by atoms with Crippen LogP contribution in [0.1, 0.15) is 50.8 Å². The highest BCUT2D eigenvalue weighted by molar-refractivity contribution is 6.09. The van der Waals surface area contributed by atoms with Crippen molar-refractivity contribution in [3.8, 4) is 17.2 Å². The molecule has 0 radical (unpaired) electrons. The Hall–Kier alpha value is -3.81. The zero-order chi connectivity index (χ0) is 26.2. The minimum Gasteiger partial charge on any atom is -0.493 e. The Balaban J connectivity index is 1.90. The van der Waals surface area contributed by atoms with Crippen molar-refractivity contribution in [1.82, 2.24) is 10.3 Å². The van der Waals surface area contributed by atoms with Crippen molar-refractivity contribution in [2.24, 2.45) is 5.41 Å². The molecule has 8 heteroatoms. The number of nitrogens with one attached hydrogen (secondary N) is 2. The van der Waals surface area contributed by atoms with Crippen molar-refractivity contribution in [1.29, 1.82) is 0 Å². The number of ether oxygens (including phenoxy) is 3. The summed E-state index contributed by atoms with van der Waals surface area (Å²) in [5, 5.41) is 6.30. The summed E-state index contributed by atoms with van der Waals surface area (Å²) >= 11 is 0. The van der Waals surface area contributed by atoms with Gasteiger partial charge in [0.05, 0.1) is 21.3 Å². The van der Waals surface area contributed by atoms with E-state index in [1.807, 2.05) is 26.0 Å². The average molecular weight is 492 g/mol. The van der Waals surface area contributed by atoms with E-state index >= 15 is 0 Å². The van der Waals surface area contributed by atoms with E-state index in [2.05, 4.69) is 29.5 Å². The Kier molecular flexibility index (Phi) is 6.80. The lowest BCUT2D eigenvalue weighted by atomic mass is 9.68. The molecule has 2 N–H and O–H groups in total. The normalized spacial score (nSPS) is 18.9. The van der Waals surface area contributed by atoms with Crippen LogP contribution in [0.3, 0.4) is 0 Å². The summed E-state index contributed by atoms with van der Waals surface area (Å²) in [6.45, 7) is 7.88. The molecule has 2 heterocycles. The minimum atomic E-state index is -0.622. The van der Waals surface area contributed by atoms with Crippen LogP contribution in [0.2, 0.25) is 0 Å². The Bertz CT molecular complexity index is 1270. The van der Waals surface area contributed by atoms with Gasteiger partial charge in [-0.3, -0.25) is 9.59 Å². The number of carbonyl (C=O) groups is 2. The largest absolute Gasteiger partial charge is 0.493 e. The third-order valence-electron chi connectivity index (χ3n) is 6.63. The maximum atomic E-state index is 13.7. The maximum Gasteiger partial charge on any atom is 0.255 e. The lowest BCUT2D eigenvalue weighted by molar-refractivity contribution is -0.118. The Labute approximate surface area is 211 Å². The van der Waals surface area contributed by atoms with Gasteiger partial charge in [-0.25, -0.2) is 4.98 Å². The molecule has 1 aromatic heterocycles. The van der Waals surface area contributed by atoms with E-state index in [-0.39, 0.29) is 17.1 Å². The van der Waals surface area contributed by atoms with Crippen LogP contribution in [0.15, 0.2) is 52.9 Å². The van der Waals surface area contributed by atoms with Gasteiger partial charge in [0.15, 0.2) is 17.3 Å². The zero-order valence-corrected chi connectivity index (χ0v) is 21.9. The summed E-state index contributed by atoms with van der Waals surface area (Å²) in [6, 6.07) is 9.05. The maximum absolute atomic E-state index is 13.7. The first-order valence-electron chi connectivity index (χ1n) is 11.9. The number of nitrogens with zero attached hydrogens (tertiary/aromatic N) is 1. The summed E-state index contributed by atoms with van der Waals surface area (Å²) < 4.78 is 16.7. The van der Waals surface area contributed by atoms with Crippen LogP contribution in [0, 0.1) is 12.3 Å². The summed E-state index contributed by atoms with van der Waals surface area (Å²) in [7, 11) is 4.62. The molecule has 0 bridgehead atoms. The molecule has 1 aromatic carbocycles. The molecular formula is C28H33N3O5. The zero-order valence-electron chi connectivity index (χ0n) is 21.9. The van der Waals surface area contributed by atoms with Crippen molar-refractivity contribution >= 4 is 17.5 Å². The number of amides is 1. The number of hydrogen-bond acceptors (Lipinski definition) is 7. The number of methoxy groups -OCH3 is 3. The van der Waals surface area contributed by atoms with Gasteiger partial charge in [0.1, 0.15) is 5.82 Å². The third kappa shape index (κ3) is 4.67. The number of carbonyl (C=O) groups excluding carboxylic acids is 2. The number of pyridine rings is 1. The third-order valence-corrected chi connectivity index (χ3v) is 6.63. The molecule has 0 saturated heterocycles. The molecular weight excluding hydrogens is 458 g/mol. The number of Topliss-reactive ketones (excluding diaryl/α,β-unsaturated/α-hetero) is 1. The van der Waals surface area contributed by atoms with Crippen molar-refractivity contribution in [3.05, 3.63) is 64.1 Å². The van der Waals surface area contributed by atoms with Gasteiger partial charge in [0.25, 0.3) is 5.91 Å². The van der Waals surface area contributed by atoms with E-state index in [9.17, 15) is 9.59 Å². The number of rotatable bonds is 6. The molecule has 0 unspecified atom stereocenters. The Morgan fingerprint density at radius 1 is 1.06 bits per heavy atom.